The van der Waals surface area contributed by atoms with Crippen LogP contribution in [-0.4, -0.2) is 66.5 Å². The minimum atomic E-state index is -0.271. The second-order valence-corrected chi connectivity index (χ2v) is 12.1. The van der Waals surface area contributed by atoms with E-state index < -0.39 is 0 Å². The number of carbonyl (C=O) groups is 2. The van der Waals surface area contributed by atoms with Crippen LogP contribution in [0, 0.1) is 0 Å². The van der Waals surface area contributed by atoms with Crippen LogP contribution in [0.2, 0.25) is 10.0 Å². The average Bonchev–Trinajstić information content (AvgIpc) is 3.33. The van der Waals surface area contributed by atoms with E-state index in [1.165, 1.54) is 7.11 Å². The van der Waals surface area contributed by atoms with Crippen molar-refractivity contribution < 1.29 is 14.3 Å². The van der Waals surface area contributed by atoms with E-state index in [1.807, 2.05) is 71.1 Å². The predicted molar refractivity (Wildman–Crippen MR) is 172 cm³/mol. The molecule has 1 fully saturated rings. The molecule has 4 aromatic rings. The lowest BCUT2D eigenvalue weighted by Crippen LogP contribution is -2.45. The number of fused-ring (bicyclic) bond motifs is 2. The Morgan fingerprint density at radius 1 is 0.884 bits per heavy atom. The van der Waals surface area contributed by atoms with Gasteiger partial charge in [0.25, 0.3) is 11.8 Å². The zero-order chi connectivity index (χ0) is 30.2. The van der Waals surface area contributed by atoms with Crippen LogP contribution in [-0.2, 0) is 13.1 Å². The first-order valence-corrected chi connectivity index (χ1v) is 15.2. The molecule has 7 nitrogen and oxygen atoms in total. The van der Waals surface area contributed by atoms with E-state index in [0.29, 0.717) is 44.7 Å². The topological polar surface area (TPSA) is 58.0 Å². The van der Waals surface area contributed by atoms with Crippen LogP contribution >= 0.6 is 23.2 Å². The molecular weight excluding hydrogens is 583 g/mol. The molecule has 0 bridgehead atoms. The molecular formula is C34H34Cl2N4O3. The number of benzene rings is 3. The summed E-state index contributed by atoms with van der Waals surface area (Å²) >= 11 is 13.4. The van der Waals surface area contributed by atoms with Crippen LogP contribution < -0.4 is 9.64 Å². The maximum Gasteiger partial charge on any atom is 0.270 e. The molecule has 3 aromatic carbocycles. The Morgan fingerprint density at radius 3 is 2.35 bits per heavy atom. The number of amides is 2. The quantitative estimate of drug-likeness (QED) is 0.246. The van der Waals surface area contributed by atoms with Crippen LogP contribution in [0.3, 0.4) is 0 Å². The van der Waals surface area contributed by atoms with Crippen LogP contribution in [0.1, 0.15) is 44.9 Å². The van der Waals surface area contributed by atoms with Crippen molar-refractivity contribution in [3.05, 3.63) is 105 Å². The number of carbonyl (C=O) groups excluding carboxylic acids is 2. The zero-order valence-corrected chi connectivity index (χ0v) is 26.0. The molecule has 0 unspecified atom stereocenters. The predicted octanol–water partition coefficient (Wildman–Crippen LogP) is 6.85. The maximum atomic E-state index is 14.7. The molecule has 0 N–H and O–H groups in total. The Kier molecular flexibility index (Phi) is 8.23. The van der Waals surface area contributed by atoms with Crippen molar-refractivity contribution >= 4 is 40.7 Å². The summed E-state index contributed by atoms with van der Waals surface area (Å²) in [5.41, 5.74) is 4.68. The van der Waals surface area contributed by atoms with E-state index in [1.54, 1.807) is 23.1 Å². The Hall–Kier alpha value is -3.78. The number of hydrogen-bond acceptors (Lipinski definition) is 4. The number of para-hydroxylation sites is 1. The lowest BCUT2D eigenvalue weighted by atomic mass is 9.97. The van der Waals surface area contributed by atoms with Crippen molar-refractivity contribution in [2.75, 3.05) is 39.2 Å². The molecule has 3 heterocycles. The second kappa shape index (κ2) is 12.1. The Labute approximate surface area is 262 Å². The molecule has 0 saturated carbocycles. The second-order valence-electron chi connectivity index (χ2n) is 11.2. The summed E-state index contributed by atoms with van der Waals surface area (Å²) in [6.45, 7) is 2.68. The summed E-state index contributed by atoms with van der Waals surface area (Å²) < 4.78 is 7.77. The largest absolute Gasteiger partial charge is 0.496 e. The number of piperidine rings is 1. The Balaban J connectivity index is 1.42. The summed E-state index contributed by atoms with van der Waals surface area (Å²) in [6, 6.07) is 22.6. The normalized spacial score (nSPS) is 15.4. The van der Waals surface area contributed by atoms with Gasteiger partial charge in [0.05, 0.1) is 25.8 Å². The third kappa shape index (κ3) is 5.42. The van der Waals surface area contributed by atoms with Crippen molar-refractivity contribution in [2.45, 2.75) is 32.0 Å². The number of hydrogen-bond donors (Lipinski definition) is 0. The maximum absolute atomic E-state index is 14.7. The van der Waals surface area contributed by atoms with Crippen LogP contribution in [0.15, 0.2) is 72.8 Å². The minimum absolute atomic E-state index is 0.00410. The highest BCUT2D eigenvalue weighted by atomic mass is 35.5. The van der Waals surface area contributed by atoms with Crippen LogP contribution in [0.5, 0.6) is 5.75 Å². The van der Waals surface area contributed by atoms with E-state index >= 15 is 0 Å². The van der Waals surface area contributed by atoms with Crippen molar-refractivity contribution in [1.82, 2.24) is 14.4 Å². The van der Waals surface area contributed by atoms with Gasteiger partial charge in [-0.3, -0.25) is 9.59 Å². The van der Waals surface area contributed by atoms with Gasteiger partial charge < -0.3 is 24.0 Å². The van der Waals surface area contributed by atoms with E-state index in [-0.39, 0.29) is 24.4 Å². The molecule has 0 atom stereocenters. The minimum Gasteiger partial charge on any atom is -0.496 e. The van der Waals surface area contributed by atoms with Gasteiger partial charge in [0.1, 0.15) is 11.4 Å². The highest BCUT2D eigenvalue weighted by Gasteiger charge is 2.33. The average molecular weight is 618 g/mol. The van der Waals surface area contributed by atoms with Gasteiger partial charge in [-0.1, -0.05) is 59.6 Å². The first kappa shape index (κ1) is 29.3. The van der Waals surface area contributed by atoms with Gasteiger partial charge in [0.15, 0.2) is 0 Å². The van der Waals surface area contributed by atoms with Gasteiger partial charge in [0.2, 0.25) is 0 Å². The van der Waals surface area contributed by atoms with Gasteiger partial charge in [0, 0.05) is 45.6 Å². The molecule has 0 radical (unpaired) electrons. The zero-order valence-electron chi connectivity index (χ0n) is 24.5. The summed E-state index contributed by atoms with van der Waals surface area (Å²) in [7, 11) is 5.56. The van der Waals surface area contributed by atoms with Crippen molar-refractivity contribution in [3.63, 3.8) is 0 Å². The lowest BCUT2D eigenvalue weighted by Gasteiger charge is -2.35. The first-order chi connectivity index (χ1) is 20.8. The number of anilines is 1. The molecule has 1 saturated heterocycles. The number of rotatable bonds is 5. The van der Waals surface area contributed by atoms with Gasteiger partial charge in [-0.15, -0.1) is 0 Å². The smallest absolute Gasteiger partial charge is 0.270 e. The molecule has 0 spiro atoms. The Bertz CT molecular complexity index is 1690. The fourth-order valence-corrected chi connectivity index (χ4v) is 6.75. The summed E-state index contributed by atoms with van der Waals surface area (Å²) in [6.07, 6.45) is 1.90. The van der Waals surface area contributed by atoms with E-state index in [2.05, 4.69) is 11.9 Å². The number of likely N-dealkylation sites (tertiary alicyclic amines) is 1. The fourth-order valence-electron chi connectivity index (χ4n) is 6.26. The number of halogens is 2. The number of aromatic nitrogens is 1. The van der Waals surface area contributed by atoms with Crippen LogP contribution in [0.4, 0.5) is 5.69 Å². The van der Waals surface area contributed by atoms with Crippen LogP contribution in [0.25, 0.3) is 11.1 Å². The molecule has 9 heteroatoms. The third-order valence-electron chi connectivity index (χ3n) is 8.72. The van der Waals surface area contributed by atoms with E-state index in [9.17, 15) is 9.59 Å². The van der Waals surface area contributed by atoms with Gasteiger partial charge in [-0.25, -0.2) is 0 Å². The molecule has 222 valence electrons. The lowest BCUT2D eigenvalue weighted by molar-refractivity contribution is 0.0649. The van der Waals surface area contributed by atoms with E-state index in [0.717, 1.165) is 42.9 Å². The fraction of sp³-hybridized carbons (Fsp3) is 0.294. The molecule has 2 aliphatic heterocycles. The highest BCUT2D eigenvalue weighted by molar-refractivity contribution is 6.37. The molecule has 6 rings (SSSR count). The van der Waals surface area contributed by atoms with Gasteiger partial charge in [-0.2, -0.15) is 0 Å². The standard InChI is InChI=1S/C34H34Cl2N4O3/c1-37-18-16-23(17-19-37)38(2)33(41)29-14-12-24-21-40(28-11-7-4-8-22(28)20-39(24)29)34(42)32-30(43-3)15-13-27(36)31(32)25-9-5-6-10-26(25)35/h4-15,23H,16-21H2,1-3H3. The molecule has 2 aliphatic rings. The summed E-state index contributed by atoms with van der Waals surface area (Å²) in [4.78, 5) is 34.5. The summed E-state index contributed by atoms with van der Waals surface area (Å²) in [5.74, 6) is 0.125. The third-order valence-corrected chi connectivity index (χ3v) is 9.36. The molecule has 43 heavy (non-hydrogen) atoms. The summed E-state index contributed by atoms with van der Waals surface area (Å²) in [5, 5.41) is 0.877. The highest BCUT2D eigenvalue weighted by Crippen LogP contribution is 2.42. The number of nitrogens with zero attached hydrogens (tertiary/aromatic N) is 4. The molecule has 0 aliphatic carbocycles. The first-order valence-electron chi connectivity index (χ1n) is 14.4. The Morgan fingerprint density at radius 2 is 1.60 bits per heavy atom. The van der Waals surface area contributed by atoms with Gasteiger partial charge >= 0.3 is 0 Å². The number of ether oxygens (including phenoxy) is 1. The molecule has 1 aromatic heterocycles. The monoisotopic (exact) mass is 616 g/mol. The van der Waals surface area contributed by atoms with Crippen molar-refractivity contribution in [1.29, 1.82) is 0 Å². The van der Waals surface area contributed by atoms with Crippen molar-refractivity contribution in [3.8, 4) is 16.9 Å². The van der Waals surface area contributed by atoms with E-state index in [4.69, 9.17) is 27.9 Å². The number of methoxy groups -OCH3 is 1. The van der Waals surface area contributed by atoms with Crippen molar-refractivity contribution in [2.24, 2.45) is 0 Å². The SMILES string of the molecule is COc1ccc(Cl)c(-c2ccccc2Cl)c1C(=O)N1Cc2ccc(C(=O)N(C)C3CCN(C)CC3)n2Cc2ccccc21. The van der Waals surface area contributed by atoms with Gasteiger partial charge in [-0.05, 0) is 74.9 Å². The molecule has 2 amide bonds.